The average Bonchev–Trinajstić information content (AvgIpc) is 3.15. The lowest BCUT2D eigenvalue weighted by atomic mass is 9.90. The summed E-state index contributed by atoms with van der Waals surface area (Å²) in [5.41, 5.74) is 4.53. The maximum absolute atomic E-state index is 13.2. The number of fused-ring (bicyclic) bond motifs is 1. The molecule has 1 aromatic heterocycles. The summed E-state index contributed by atoms with van der Waals surface area (Å²) >= 11 is 0. The minimum atomic E-state index is 0.265. The number of nitrogens with zero attached hydrogens (tertiary/aromatic N) is 3. The molecule has 0 radical (unpaired) electrons. The van der Waals surface area contributed by atoms with E-state index in [4.69, 9.17) is 6.42 Å². The fourth-order valence-corrected chi connectivity index (χ4v) is 5.03. The summed E-state index contributed by atoms with van der Waals surface area (Å²) in [5, 5.41) is 1.06. The molecular weight excluding hydrogens is 406 g/mol. The third-order valence-corrected chi connectivity index (χ3v) is 6.90. The lowest BCUT2D eigenvalue weighted by Crippen LogP contribution is -2.33. The van der Waals surface area contributed by atoms with Crippen LogP contribution >= 0.6 is 0 Å². The van der Waals surface area contributed by atoms with Gasteiger partial charge in [-0.1, -0.05) is 42.3 Å². The van der Waals surface area contributed by atoms with Gasteiger partial charge in [-0.05, 0) is 68.6 Å². The SMILES string of the molecule is C#CCN(C)Cc1ccc2c(c1)c(C(=O)CCC1CCN(Cc3ccccc3)CC1)cn2C. The number of hydrogen-bond donors (Lipinski definition) is 0. The van der Waals surface area contributed by atoms with Crippen molar-refractivity contribution in [1.82, 2.24) is 14.4 Å². The summed E-state index contributed by atoms with van der Waals surface area (Å²) in [7, 11) is 4.04. The summed E-state index contributed by atoms with van der Waals surface area (Å²) in [6.45, 7) is 4.67. The summed E-state index contributed by atoms with van der Waals surface area (Å²) in [4.78, 5) is 17.8. The van der Waals surface area contributed by atoms with E-state index in [0.717, 1.165) is 49.1 Å². The number of Topliss-reactive ketones (excluding diaryl/α,β-unsaturated/α-hetero) is 1. The number of piperidine rings is 1. The van der Waals surface area contributed by atoms with Crippen LogP contribution in [0.25, 0.3) is 10.9 Å². The highest BCUT2D eigenvalue weighted by atomic mass is 16.1. The molecule has 0 N–H and O–H groups in total. The lowest BCUT2D eigenvalue weighted by molar-refractivity contribution is 0.0963. The summed E-state index contributed by atoms with van der Waals surface area (Å²) in [6, 6.07) is 17.1. The summed E-state index contributed by atoms with van der Waals surface area (Å²) in [6.07, 6.45) is 11.4. The van der Waals surface area contributed by atoms with Crippen molar-refractivity contribution >= 4 is 16.7 Å². The molecule has 4 heteroatoms. The molecule has 1 aliphatic rings. The molecule has 0 saturated carbocycles. The minimum absolute atomic E-state index is 0.265. The van der Waals surface area contributed by atoms with Crippen LogP contribution in [0.15, 0.2) is 54.7 Å². The van der Waals surface area contributed by atoms with E-state index in [0.29, 0.717) is 18.9 Å². The zero-order chi connectivity index (χ0) is 23.2. The average molecular weight is 442 g/mol. The number of aromatic nitrogens is 1. The Morgan fingerprint density at radius 2 is 1.88 bits per heavy atom. The van der Waals surface area contributed by atoms with Crippen LogP contribution in [-0.4, -0.2) is 46.8 Å². The number of ketones is 1. The zero-order valence-electron chi connectivity index (χ0n) is 20.0. The second-order valence-corrected chi connectivity index (χ2v) is 9.55. The number of likely N-dealkylation sites (tertiary alicyclic amines) is 1. The van der Waals surface area contributed by atoms with E-state index in [1.54, 1.807) is 0 Å². The van der Waals surface area contributed by atoms with Gasteiger partial charge in [-0.15, -0.1) is 6.42 Å². The maximum Gasteiger partial charge on any atom is 0.165 e. The van der Waals surface area contributed by atoms with Crippen LogP contribution in [0.4, 0.5) is 0 Å². The van der Waals surface area contributed by atoms with E-state index >= 15 is 0 Å². The highest BCUT2D eigenvalue weighted by Crippen LogP contribution is 2.27. The van der Waals surface area contributed by atoms with E-state index in [-0.39, 0.29) is 5.78 Å². The first kappa shape index (κ1) is 23.3. The predicted octanol–water partition coefficient (Wildman–Crippen LogP) is 5.12. The van der Waals surface area contributed by atoms with E-state index in [1.165, 1.54) is 24.0 Å². The van der Waals surface area contributed by atoms with Crippen LogP contribution in [0.3, 0.4) is 0 Å². The maximum atomic E-state index is 13.2. The van der Waals surface area contributed by atoms with E-state index in [9.17, 15) is 4.79 Å². The normalized spacial score (nSPS) is 15.2. The van der Waals surface area contributed by atoms with Crippen LogP contribution in [-0.2, 0) is 20.1 Å². The van der Waals surface area contributed by atoms with Crippen LogP contribution < -0.4 is 0 Å². The Balaban J connectivity index is 1.34. The molecule has 0 aliphatic carbocycles. The van der Waals surface area contributed by atoms with Crippen LogP contribution in [0.1, 0.15) is 47.2 Å². The Kier molecular flexibility index (Phi) is 7.65. The van der Waals surface area contributed by atoms with Crippen molar-refractivity contribution in [1.29, 1.82) is 0 Å². The molecule has 0 atom stereocenters. The topological polar surface area (TPSA) is 28.5 Å². The van der Waals surface area contributed by atoms with Gasteiger partial charge in [-0.3, -0.25) is 14.6 Å². The van der Waals surface area contributed by atoms with Crippen molar-refractivity contribution in [3.05, 3.63) is 71.4 Å². The first-order chi connectivity index (χ1) is 16.0. The van der Waals surface area contributed by atoms with Crippen molar-refractivity contribution in [2.75, 3.05) is 26.7 Å². The van der Waals surface area contributed by atoms with E-state index in [2.05, 4.69) is 68.8 Å². The molecule has 0 amide bonds. The standard InChI is InChI=1S/C29H35N3O/c1-4-16-30(2)20-25-10-12-28-26(19-25)27(22-31(28)3)29(33)13-11-23-14-17-32(18-15-23)21-24-8-6-5-7-9-24/h1,5-10,12,19,22-23H,11,13-18,20-21H2,2-3H3. The van der Waals surface area contributed by atoms with Gasteiger partial charge in [0.15, 0.2) is 5.78 Å². The van der Waals surface area contributed by atoms with Crippen molar-refractivity contribution in [2.24, 2.45) is 13.0 Å². The Hall–Kier alpha value is -2.87. The number of hydrogen-bond acceptors (Lipinski definition) is 3. The molecule has 1 aliphatic heterocycles. The minimum Gasteiger partial charge on any atom is -0.350 e. The fraction of sp³-hybridized carbons (Fsp3) is 0.414. The highest BCUT2D eigenvalue weighted by Gasteiger charge is 2.21. The molecule has 2 aromatic carbocycles. The third-order valence-electron chi connectivity index (χ3n) is 6.90. The van der Waals surface area contributed by atoms with Gasteiger partial charge in [0, 0.05) is 49.2 Å². The molecule has 0 spiro atoms. The van der Waals surface area contributed by atoms with Crippen molar-refractivity contribution in [2.45, 2.75) is 38.8 Å². The Labute approximate surface area is 198 Å². The monoisotopic (exact) mass is 441 g/mol. The summed E-state index contributed by atoms with van der Waals surface area (Å²) in [5.74, 6) is 3.59. The van der Waals surface area contributed by atoms with Gasteiger partial charge in [0.05, 0.1) is 6.54 Å². The van der Waals surface area contributed by atoms with Crippen molar-refractivity contribution < 1.29 is 4.79 Å². The summed E-state index contributed by atoms with van der Waals surface area (Å²) < 4.78 is 2.07. The van der Waals surface area contributed by atoms with E-state index < -0.39 is 0 Å². The number of carbonyl (C=O) groups excluding carboxylic acids is 1. The molecular formula is C29H35N3O. The van der Waals surface area contributed by atoms with Gasteiger partial charge in [0.1, 0.15) is 0 Å². The second-order valence-electron chi connectivity index (χ2n) is 9.55. The Morgan fingerprint density at radius 3 is 2.61 bits per heavy atom. The van der Waals surface area contributed by atoms with Gasteiger partial charge >= 0.3 is 0 Å². The zero-order valence-corrected chi connectivity index (χ0v) is 20.0. The lowest BCUT2D eigenvalue weighted by Gasteiger charge is -2.32. The second kappa shape index (κ2) is 10.8. The molecule has 0 unspecified atom stereocenters. The molecule has 1 saturated heterocycles. The van der Waals surface area contributed by atoms with Gasteiger partial charge < -0.3 is 4.57 Å². The third kappa shape index (κ3) is 5.93. The van der Waals surface area contributed by atoms with Crippen molar-refractivity contribution in [3.63, 3.8) is 0 Å². The van der Waals surface area contributed by atoms with Crippen LogP contribution in [0.5, 0.6) is 0 Å². The number of terminal acetylenes is 1. The predicted molar refractivity (Wildman–Crippen MR) is 136 cm³/mol. The Morgan fingerprint density at radius 1 is 1.12 bits per heavy atom. The molecule has 4 nitrogen and oxygen atoms in total. The number of carbonyl (C=O) groups is 1. The largest absolute Gasteiger partial charge is 0.350 e. The molecule has 4 rings (SSSR count). The van der Waals surface area contributed by atoms with Gasteiger partial charge in [-0.25, -0.2) is 0 Å². The number of benzene rings is 2. The van der Waals surface area contributed by atoms with Crippen molar-refractivity contribution in [3.8, 4) is 12.3 Å². The first-order valence-corrected chi connectivity index (χ1v) is 12.0. The van der Waals surface area contributed by atoms with Crippen LogP contribution in [0.2, 0.25) is 0 Å². The smallest absolute Gasteiger partial charge is 0.165 e. The van der Waals surface area contributed by atoms with Gasteiger partial charge in [0.2, 0.25) is 0 Å². The molecule has 3 aromatic rings. The van der Waals surface area contributed by atoms with Gasteiger partial charge in [-0.2, -0.15) is 0 Å². The first-order valence-electron chi connectivity index (χ1n) is 12.0. The molecule has 172 valence electrons. The van der Waals surface area contributed by atoms with Crippen LogP contribution in [0, 0.1) is 18.3 Å². The molecule has 0 bridgehead atoms. The number of aryl methyl sites for hydroxylation is 1. The van der Waals surface area contributed by atoms with Gasteiger partial charge in [0.25, 0.3) is 0 Å². The van der Waals surface area contributed by atoms with E-state index in [1.807, 2.05) is 20.3 Å². The molecule has 1 fully saturated rings. The number of rotatable bonds is 9. The quantitative estimate of drug-likeness (QED) is 0.341. The highest BCUT2D eigenvalue weighted by molar-refractivity contribution is 6.08. The molecule has 2 heterocycles. The fourth-order valence-electron chi connectivity index (χ4n) is 5.03. The Bertz CT molecular complexity index is 1120. The molecule has 33 heavy (non-hydrogen) atoms.